The van der Waals surface area contributed by atoms with Gasteiger partial charge in [-0.05, 0) is 50.4 Å². The standard InChI is InChI=1S/C12H18Br2N2O2/c1-8(2)4-15-5-10(17)7-16-6-9(13)3-11(14)12(16)18/h3,6,8,10,15,17H,4-5,7H2,1-2H3. The Bertz CT molecular complexity index is 446. The van der Waals surface area contributed by atoms with Gasteiger partial charge in [0, 0.05) is 17.2 Å². The Labute approximate surface area is 124 Å². The van der Waals surface area contributed by atoms with E-state index in [-0.39, 0.29) is 12.1 Å². The van der Waals surface area contributed by atoms with Gasteiger partial charge in [-0.25, -0.2) is 0 Å². The number of halogens is 2. The van der Waals surface area contributed by atoms with Gasteiger partial charge in [-0.2, -0.15) is 0 Å². The third-order valence-corrected chi connectivity index (χ3v) is 3.35. The Morgan fingerprint density at radius 3 is 2.67 bits per heavy atom. The fourth-order valence-electron chi connectivity index (χ4n) is 1.53. The van der Waals surface area contributed by atoms with E-state index in [9.17, 15) is 9.90 Å². The highest BCUT2D eigenvalue weighted by Crippen LogP contribution is 2.12. The van der Waals surface area contributed by atoms with E-state index in [2.05, 4.69) is 51.0 Å². The van der Waals surface area contributed by atoms with Gasteiger partial charge < -0.3 is 15.0 Å². The molecule has 0 aliphatic carbocycles. The molecule has 0 aromatic carbocycles. The molecule has 1 unspecified atom stereocenters. The van der Waals surface area contributed by atoms with Gasteiger partial charge in [0.25, 0.3) is 5.56 Å². The highest BCUT2D eigenvalue weighted by atomic mass is 79.9. The molecular formula is C12H18Br2N2O2. The average Bonchev–Trinajstić information content (AvgIpc) is 2.24. The Morgan fingerprint density at radius 1 is 1.39 bits per heavy atom. The molecule has 1 aromatic rings. The maximum atomic E-state index is 11.8. The fourth-order valence-corrected chi connectivity index (χ4v) is 2.79. The molecule has 1 aromatic heterocycles. The molecule has 0 spiro atoms. The first-order chi connectivity index (χ1) is 8.40. The van der Waals surface area contributed by atoms with Crippen LogP contribution in [0.25, 0.3) is 0 Å². The average molecular weight is 382 g/mol. The summed E-state index contributed by atoms with van der Waals surface area (Å²) in [4.78, 5) is 11.8. The van der Waals surface area contributed by atoms with Gasteiger partial charge in [0.1, 0.15) is 0 Å². The first-order valence-corrected chi connectivity index (χ1v) is 7.43. The van der Waals surface area contributed by atoms with Gasteiger partial charge in [0.15, 0.2) is 0 Å². The lowest BCUT2D eigenvalue weighted by Gasteiger charge is -2.15. The number of aliphatic hydroxyl groups is 1. The molecule has 0 radical (unpaired) electrons. The van der Waals surface area contributed by atoms with Crippen molar-refractivity contribution in [1.29, 1.82) is 0 Å². The number of aliphatic hydroxyl groups excluding tert-OH is 1. The summed E-state index contributed by atoms with van der Waals surface area (Å²) in [7, 11) is 0. The zero-order valence-corrected chi connectivity index (χ0v) is 13.7. The molecule has 0 aliphatic rings. The van der Waals surface area contributed by atoms with Crippen molar-refractivity contribution in [3.8, 4) is 0 Å². The zero-order chi connectivity index (χ0) is 13.7. The first-order valence-electron chi connectivity index (χ1n) is 5.84. The van der Waals surface area contributed by atoms with E-state index in [1.807, 2.05) is 0 Å². The Kier molecular flexibility index (Phi) is 6.55. The van der Waals surface area contributed by atoms with Crippen molar-refractivity contribution in [2.24, 2.45) is 5.92 Å². The molecule has 4 nitrogen and oxygen atoms in total. The van der Waals surface area contributed by atoms with E-state index in [0.717, 1.165) is 11.0 Å². The summed E-state index contributed by atoms with van der Waals surface area (Å²) in [6, 6.07) is 1.70. The van der Waals surface area contributed by atoms with Gasteiger partial charge in [-0.15, -0.1) is 0 Å². The van der Waals surface area contributed by atoms with Crippen molar-refractivity contribution in [3.05, 3.63) is 31.6 Å². The summed E-state index contributed by atoms with van der Waals surface area (Å²) in [5.41, 5.74) is -0.138. The van der Waals surface area contributed by atoms with Crippen LogP contribution in [0.4, 0.5) is 0 Å². The Balaban J connectivity index is 2.59. The minimum atomic E-state index is -0.581. The second kappa shape index (κ2) is 7.43. The van der Waals surface area contributed by atoms with Crippen LogP contribution in [0.15, 0.2) is 26.0 Å². The molecule has 6 heteroatoms. The quantitative estimate of drug-likeness (QED) is 0.792. The number of nitrogens with zero attached hydrogens (tertiary/aromatic N) is 1. The number of pyridine rings is 1. The maximum absolute atomic E-state index is 11.8. The van der Waals surface area contributed by atoms with Gasteiger partial charge in [0.2, 0.25) is 0 Å². The lowest BCUT2D eigenvalue weighted by Crippen LogP contribution is -2.35. The molecule has 1 atom stereocenters. The molecule has 0 amide bonds. The second-order valence-corrected chi connectivity index (χ2v) is 6.44. The third kappa shape index (κ3) is 5.22. The van der Waals surface area contributed by atoms with Crippen LogP contribution < -0.4 is 10.9 Å². The van der Waals surface area contributed by atoms with Crippen LogP contribution in [0.2, 0.25) is 0 Å². The highest BCUT2D eigenvalue weighted by molar-refractivity contribution is 9.11. The number of rotatable bonds is 6. The summed E-state index contributed by atoms with van der Waals surface area (Å²) in [6.07, 6.45) is 1.10. The van der Waals surface area contributed by atoms with Crippen molar-refractivity contribution in [3.63, 3.8) is 0 Å². The molecular weight excluding hydrogens is 364 g/mol. The van der Waals surface area contributed by atoms with Crippen LogP contribution in [-0.4, -0.2) is 28.9 Å². The van der Waals surface area contributed by atoms with Gasteiger partial charge in [0.05, 0.1) is 17.1 Å². The second-order valence-electron chi connectivity index (χ2n) is 4.67. The first kappa shape index (κ1) is 15.9. The van der Waals surface area contributed by atoms with Crippen LogP contribution in [0.5, 0.6) is 0 Å². The van der Waals surface area contributed by atoms with E-state index in [1.165, 1.54) is 4.57 Å². The lowest BCUT2D eigenvalue weighted by atomic mass is 10.2. The summed E-state index contributed by atoms with van der Waals surface area (Å²) in [5, 5.41) is 13.0. The number of nitrogens with one attached hydrogen (secondary N) is 1. The van der Waals surface area contributed by atoms with E-state index < -0.39 is 6.10 Å². The molecule has 1 heterocycles. The van der Waals surface area contributed by atoms with Crippen molar-refractivity contribution < 1.29 is 5.11 Å². The summed E-state index contributed by atoms with van der Waals surface area (Å²) in [6.45, 7) is 5.83. The van der Waals surface area contributed by atoms with E-state index in [4.69, 9.17) is 0 Å². The highest BCUT2D eigenvalue weighted by Gasteiger charge is 2.09. The molecule has 0 saturated heterocycles. The number of hydrogen-bond acceptors (Lipinski definition) is 3. The maximum Gasteiger partial charge on any atom is 0.264 e. The molecule has 18 heavy (non-hydrogen) atoms. The molecule has 2 N–H and O–H groups in total. The predicted octanol–water partition coefficient (Wildman–Crippen LogP) is 1.98. The van der Waals surface area contributed by atoms with Gasteiger partial charge in [-0.1, -0.05) is 13.8 Å². The monoisotopic (exact) mass is 380 g/mol. The number of hydrogen-bond donors (Lipinski definition) is 2. The van der Waals surface area contributed by atoms with Crippen LogP contribution in [0.1, 0.15) is 13.8 Å². The van der Waals surface area contributed by atoms with Gasteiger partial charge >= 0.3 is 0 Å². The third-order valence-electron chi connectivity index (χ3n) is 2.35. The molecule has 102 valence electrons. The molecule has 0 fully saturated rings. The summed E-state index contributed by atoms with van der Waals surface area (Å²) < 4.78 is 2.78. The largest absolute Gasteiger partial charge is 0.390 e. The van der Waals surface area contributed by atoms with E-state index >= 15 is 0 Å². The molecule has 1 rings (SSSR count). The smallest absolute Gasteiger partial charge is 0.264 e. The lowest BCUT2D eigenvalue weighted by molar-refractivity contribution is 0.149. The van der Waals surface area contributed by atoms with E-state index in [0.29, 0.717) is 16.9 Å². The van der Waals surface area contributed by atoms with Crippen molar-refractivity contribution in [2.75, 3.05) is 13.1 Å². The topological polar surface area (TPSA) is 54.3 Å². The molecule has 0 saturated carbocycles. The predicted molar refractivity (Wildman–Crippen MR) is 79.8 cm³/mol. The minimum absolute atomic E-state index is 0.138. The van der Waals surface area contributed by atoms with Crippen LogP contribution >= 0.6 is 31.9 Å². The van der Waals surface area contributed by atoms with Crippen molar-refractivity contribution in [1.82, 2.24) is 9.88 Å². The van der Waals surface area contributed by atoms with Crippen molar-refractivity contribution in [2.45, 2.75) is 26.5 Å². The SMILES string of the molecule is CC(C)CNCC(O)Cn1cc(Br)cc(Br)c1=O. The van der Waals surface area contributed by atoms with Crippen molar-refractivity contribution >= 4 is 31.9 Å². The normalized spacial score (nSPS) is 13.0. The zero-order valence-electron chi connectivity index (χ0n) is 10.5. The number of aromatic nitrogens is 1. The Hall–Kier alpha value is -0.170. The fraction of sp³-hybridized carbons (Fsp3) is 0.583. The minimum Gasteiger partial charge on any atom is -0.390 e. The van der Waals surface area contributed by atoms with Crippen LogP contribution in [0.3, 0.4) is 0 Å². The van der Waals surface area contributed by atoms with E-state index in [1.54, 1.807) is 12.3 Å². The molecule has 0 aliphatic heterocycles. The van der Waals surface area contributed by atoms with Gasteiger partial charge in [-0.3, -0.25) is 4.79 Å². The Morgan fingerprint density at radius 2 is 2.06 bits per heavy atom. The summed E-state index contributed by atoms with van der Waals surface area (Å²) >= 11 is 6.52. The van der Waals surface area contributed by atoms with Crippen LogP contribution in [0, 0.1) is 5.92 Å². The summed E-state index contributed by atoms with van der Waals surface area (Å²) in [5.74, 6) is 0.542. The molecule has 0 bridgehead atoms. The van der Waals surface area contributed by atoms with Crippen LogP contribution in [-0.2, 0) is 6.54 Å².